The Labute approximate surface area is 142 Å². The van der Waals surface area contributed by atoms with Gasteiger partial charge in [0.25, 0.3) is 5.91 Å². The van der Waals surface area contributed by atoms with Gasteiger partial charge in [-0.25, -0.2) is 0 Å². The molecule has 1 aliphatic rings. The highest BCUT2D eigenvalue weighted by atomic mass is 16.5. The molecule has 1 aliphatic heterocycles. The molecule has 0 saturated carbocycles. The summed E-state index contributed by atoms with van der Waals surface area (Å²) in [5, 5.41) is 3.37. The van der Waals surface area contributed by atoms with Crippen molar-refractivity contribution in [3.8, 4) is 11.5 Å². The summed E-state index contributed by atoms with van der Waals surface area (Å²) in [6.07, 6.45) is 0. The second-order valence-electron chi connectivity index (χ2n) is 5.69. The first-order valence-corrected chi connectivity index (χ1v) is 8.03. The lowest BCUT2D eigenvalue weighted by atomic mass is 10.0. The fourth-order valence-electron chi connectivity index (χ4n) is 3.09. The molecule has 1 unspecified atom stereocenters. The van der Waals surface area contributed by atoms with E-state index in [4.69, 9.17) is 9.47 Å². The Bertz CT molecular complexity index is 717. The van der Waals surface area contributed by atoms with Crippen LogP contribution in [-0.2, 0) is 0 Å². The predicted molar refractivity (Wildman–Crippen MR) is 92.6 cm³/mol. The number of carbonyl (C=O) groups is 1. The standard InChI is InChI=1S/C19H22N2O3/c1-23-15-7-5-6-14(12-15)19(22)21-11-10-20-13-17(21)16-8-3-4-9-18(16)24-2/h3-9,12,17,20H,10-11,13H2,1-2H3. The fraction of sp³-hybridized carbons (Fsp3) is 0.316. The van der Waals surface area contributed by atoms with Crippen LogP contribution >= 0.6 is 0 Å². The van der Waals surface area contributed by atoms with Crippen LogP contribution in [0.25, 0.3) is 0 Å². The highest BCUT2D eigenvalue weighted by Gasteiger charge is 2.30. The number of methoxy groups -OCH3 is 2. The lowest BCUT2D eigenvalue weighted by Gasteiger charge is -2.37. The van der Waals surface area contributed by atoms with Gasteiger partial charge in [0.05, 0.1) is 20.3 Å². The molecule has 126 valence electrons. The van der Waals surface area contributed by atoms with Crippen molar-refractivity contribution in [3.63, 3.8) is 0 Å². The Morgan fingerprint density at radius 2 is 1.96 bits per heavy atom. The minimum Gasteiger partial charge on any atom is -0.497 e. The number of hydrogen-bond acceptors (Lipinski definition) is 4. The third-order valence-electron chi connectivity index (χ3n) is 4.32. The molecule has 1 amide bonds. The van der Waals surface area contributed by atoms with E-state index in [1.54, 1.807) is 20.3 Å². The van der Waals surface area contributed by atoms with Gasteiger partial charge in [-0.1, -0.05) is 24.3 Å². The molecule has 5 heteroatoms. The molecular formula is C19H22N2O3. The van der Waals surface area contributed by atoms with Crippen molar-refractivity contribution in [1.29, 1.82) is 0 Å². The summed E-state index contributed by atoms with van der Waals surface area (Å²) in [7, 11) is 3.26. The molecule has 0 aliphatic carbocycles. The maximum absolute atomic E-state index is 13.1. The number of piperazine rings is 1. The van der Waals surface area contributed by atoms with Crippen molar-refractivity contribution in [1.82, 2.24) is 10.2 Å². The van der Waals surface area contributed by atoms with Crippen LogP contribution in [0.4, 0.5) is 0 Å². The average molecular weight is 326 g/mol. The number of rotatable bonds is 4. The van der Waals surface area contributed by atoms with Crippen molar-refractivity contribution in [2.24, 2.45) is 0 Å². The number of hydrogen-bond donors (Lipinski definition) is 1. The topological polar surface area (TPSA) is 50.8 Å². The van der Waals surface area contributed by atoms with E-state index in [0.29, 0.717) is 24.4 Å². The van der Waals surface area contributed by atoms with Crippen molar-refractivity contribution in [2.75, 3.05) is 33.9 Å². The van der Waals surface area contributed by atoms with Crippen molar-refractivity contribution in [2.45, 2.75) is 6.04 Å². The Morgan fingerprint density at radius 3 is 2.75 bits per heavy atom. The summed E-state index contributed by atoms with van der Waals surface area (Å²) in [5.41, 5.74) is 1.65. The van der Waals surface area contributed by atoms with Gasteiger partial charge >= 0.3 is 0 Å². The van der Waals surface area contributed by atoms with Crippen LogP contribution in [0.1, 0.15) is 22.0 Å². The van der Waals surface area contributed by atoms with E-state index in [9.17, 15) is 4.79 Å². The first kappa shape index (κ1) is 16.3. The summed E-state index contributed by atoms with van der Waals surface area (Å²) < 4.78 is 10.7. The molecule has 0 spiro atoms. The van der Waals surface area contributed by atoms with Gasteiger partial charge in [-0.15, -0.1) is 0 Å². The lowest BCUT2D eigenvalue weighted by molar-refractivity contribution is 0.0631. The van der Waals surface area contributed by atoms with Crippen molar-refractivity contribution < 1.29 is 14.3 Å². The van der Waals surface area contributed by atoms with E-state index >= 15 is 0 Å². The molecule has 5 nitrogen and oxygen atoms in total. The van der Waals surface area contributed by atoms with Gasteiger partial charge in [-0.3, -0.25) is 4.79 Å². The van der Waals surface area contributed by atoms with Crippen LogP contribution in [0.2, 0.25) is 0 Å². The molecule has 1 atom stereocenters. The fourth-order valence-corrected chi connectivity index (χ4v) is 3.09. The van der Waals surface area contributed by atoms with Gasteiger partial charge in [-0.05, 0) is 24.3 Å². The average Bonchev–Trinajstić information content (AvgIpc) is 2.67. The third kappa shape index (κ3) is 3.21. The van der Waals surface area contributed by atoms with Gasteiger partial charge in [0.2, 0.25) is 0 Å². The van der Waals surface area contributed by atoms with E-state index in [1.807, 2.05) is 47.4 Å². The quantitative estimate of drug-likeness (QED) is 0.938. The van der Waals surface area contributed by atoms with Gasteiger partial charge in [-0.2, -0.15) is 0 Å². The van der Waals surface area contributed by atoms with E-state index in [2.05, 4.69) is 5.32 Å². The second kappa shape index (κ2) is 7.36. The number of benzene rings is 2. The van der Waals surface area contributed by atoms with Gasteiger partial charge in [0, 0.05) is 30.8 Å². The molecule has 0 bridgehead atoms. The predicted octanol–water partition coefficient (Wildman–Crippen LogP) is 2.49. The Morgan fingerprint density at radius 1 is 1.12 bits per heavy atom. The molecule has 0 aromatic heterocycles. The maximum atomic E-state index is 13.1. The summed E-state index contributed by atoms with van der Waals surface area (Å²) in [6.45, 7) is 2.14. The third-order valence-corrected chi connectivity index (χ3v) is 4.32. The molecule has 1 N–H and O–H groups in total. The number of nitrogens with zero attached hydrogens (tertiary/aromatic N) is 1. The first-order valence-electron chi connectivity index (χ1n) is 8.03. The number of carbonyl (C=O) groups excluding carboxylic acids is 1. The molecule has 24 heavy (non-hydrogen) atoms. The minimum absolute atomic E-state index is 0.00584. The number of nitrogens with one attached hydrogen (secondary N) is 1. The van der Waals surface area contributed by atoms with Crippen LogP contribution in [0, 0.1) is 0 Å². The lowest BCUT2D eigenvalue weighted by Crippen LogP contribution is -2.48. The smallest absolute Gasteiger partial charge is 0.254 e. The molecule has 1 heterocycles. The second-order valence-corrected chi connectivity index (χ2v) is 5.69. The molecular weight excluding hydrogens is 304 g/mol. The molecule has 1 saturated heterocycles. The summed E-state index contributed by atoms with van der Waals surface area (Å²) in [5.74, 6) is 1.49. The maximum Gasteiger partial charge on any atom is 0.254 e. The molecule has 3 rings (SSSR count). The van der Waals surface area contributed by atoms with Gasteiger partial charge in [0.15, 0.2) is 0 Å². The normalized spacial score (nSPS) is 17.4. The summed E-state index contributed by atoms with van der Waals surface area (Å²) in [4.78, 5) is 15.0. The van der Waals surface area contributed by atoms with Crippen LogP contribution in [-0.4, -0.2) is 44.7 Å². The molecule has 2 aromatic carbocycles. The monoisotopic (exact) mass is 326 g/mol. The Hall–Kier alpha value is -2.53. The van der Waals surface area contributed by atoms with Crippen LogP contribution in [0.5, 0.6) is 11.5 Å². The highest BCUT2D eigenvalue weighted by molar-refractivity contribution is 5.95. The molecule has 2 aromatic rings. The number of para-hydroxylation sites is 1. The van der Waals surface area contributed by atoms with Crippen LogP contribution in [0.15, 0.2) is 48.5 Å². The van der Waals surface area contributed by atoms with E-state index in [0.717, 1.165) is 17.9 Å². The van der Waals surface area contributed by atoms with E-state index in [-0.39, 0.29) is 11.9 Å². The minimum atomic E-state index is -0.0615. The Balaban J connectivity index is 1.93. The summed E-state index contributed by atoms with van der Waals surface area (Å²) in [6, 6.07) is 15.1. The summed E-state index contributed by atoms with van der Waals surface area (Å²) >= 11 is 0. The largest absolute Gasteiger partial charge is 0.497 e. The van der Waals surface area contributed by atoms with Crippen molar-refractivity contribution >= 4 is 5.91 Å². The zero-order valence-corrected chi connectivity index (χ0v) is 14.0. The number of amides is 1. The zero-order valence-electron chi connectivity index (χ0n) is 14.0. The SMILES string of the molecule is COc1cccc(C(=O)N2CCNCC2c2ccccc2OC)c1. The Kier molecular flexibility index (Phi) is 5.01. The molecule has 1 fully saturated rings. The van der Waals surface area contributed by atoms with Crippen LogP contribution in [0.3, 0.4) is 0 Å². The zero-order chi connectivity index (χ0) is 16.9. The van der Waals surface area contributed by atoms with Crippen LogP contribution < -0.4 is 14.8 Å². The highest BCUT2D eigenvalue weighted by Crippen LogP contribution is 2.31. The first-order chi connectivity index (χ1) is 11.7. The van der Waals surface area contributed by atoms with E-state index in [1.165, 1.54) is 0 Å². The van der Waals surface area contributed by atoms with Gasteiger partial charge < -0.3 is 19.7 Å². The van der Waals surface area contributed by atoms with Crippen molar-refractivity contribution in [3.05, 3.63) is 59.7 Å². The molecule has 0 radical (unpaired) electrons. The van der Waals surface area contributed by atoms with E-state index < -0.39 is 0 Å². The van der Waals surface area contributed by atoms with Gasteiger partial charge in [0.1, 0.15) is 11.5 Å². The number of ether oxygens (including phenoxy) is 2.